The zero-order chi connectivity index (χ0) is 15.6. The van der Waals surface area contributed by atoms with Gasteiger partial charge < -0.3 is 15.6 Å². The lowest BCUT2D eigenvalue weighted by Gasteiger charge is -2.10. The molecule has 6 nitrogen and oxygen atoms in total. The number of halogens is 1. The molecule has 0 heterocycles. The molecule has 2 rings (SSSR count). The first-order chi connectivity index (χ1) is 9.83. The number of methoxy groups -OCH3 is 1. The Bertz CT molecular complexity index is 778. The molecule has 0 aliphatic heterocycles. The van der Waals surface area contributed by atoms with E-state index >= 15 is 0 Å². The molecule has 0 unspecified atom stereocenters. The summed E-state index contributed by atoms with van der Waals surface area (Å²) in [6, 6.07) is 8.13. The van der Waals surface area contributed by atoms with E-state index in [1.165, 1.54) is 37.4 Å². The molecule has 4 N–H and O–H groups in total. The molecule has 8 heteroatoms. The number of ether oxygens (including phenoxy) is 1. The van der Waals surface area contributed by atoms with Crippen molar-refractivity contribution in [3.63, 3.8) is 0 Å². The second-order valence-corrected chi connectivity index (χ2v) is 6.27. The number of rotatable bonds is 4. The van der Waals surface area contributed by atoms with Crippen LogP contribution in [0.3, 0.4) is 0 Å². The minimum Gasteiger partial charge on any atom is -0.506 e. The van der Waals surface area contributed by atoms with Gasteiger partial charge in [0.05, 0.1) is 28.4 Å². The molecule has 0 amide bonds. The van der Waals surface area contributed by atoms with Crippen molar-refractivity contribution in [3.8, 4) is 11.5 Å². The number of phenols is 1. The van der Waals surface area contributed by atoms with Crippen LogP contribution in [0.1, 0.15) is 0 Å². The highest BCUT2D eigenvalue weighted by Gasteiger charge is 2.16. The van der Waals surface area contributed by atoms with Crippen LogP contribution in [0.4, 0.5) is 11.4 Å². The van der Waals surface area contributed by atoms with Gasteiger partial charge in [0, 0.05) is 0 Å². The van der Waals surface area contributed by atoms with Gasteiger partial charge in [0.2, 0.25) is 0 Å². The molecule has 0 aliphatic carbocycles. The molecule has 0 spiro atoms. The van der Waals surface area contributed by atoms with Crippen molar-refractivity contribution in [2.24, 2.45) is 0 Å². The van der Waals surface area contributed by atoms with Gasteiger partial charge in [-0.1, -0.05) is 11.6 Å². The van der Waals surface area contributed by atoms with Crippen LogP contribution >= 0.6 is 11.6 Å². The van der Waals surface area contributed by atoms with Crippen LogP contribution in [0.25, 0.3) is 0 Å². The van der Waals surface area contributed by atoms with Gasteiger partial charge in [-0.05, 0) is 36.4 Å². The van der Waals surface area contributed by atoms with Gasteiger partial charge in [-0.25, -0.2) is 8.42 Å². The maximum atomic E-state index is 12.2. The SMILES string of the molecule is COc1ccc(NS(=O)(=O)c2ccc(O)c(N)c2)cc1Cl. The Morgan fingerprint density at radius 2 is 1.95 bits per heavy atom. The first-order valence-corrected chi connectivity index (χ1v) is 7.64. The molecule has 0 atom stereocenters. The topological polar surface area (TPSA) is 102 Å². The minimum absolute atomic E-state index is 0.0226. The Morgan fingerprint density at radius 1 is 1.24 bits per heavy atom. The van der Waals surface area contributed by atoms with E-state index in [9.17, 15) is 13.5 Å². The third-order valence-corrected chi connectivity index (χ3v) is 4.39. The zero-order valence-electron chi connectivity index (χ0n) is 11.0. The standard InChI is InChI=1S/C13H13ClN2O4S/c1-20-13-5-2-8(6-10(13)14)16-21(18,19)9-3-4-12(17)11(15)7-9/h2-7,16-17H,15H2,1H3. The fraction of sp³-hybridized carbons (Fsp3) is 0.0769. The lowest BCUT2D eigenvalue weighted by molar-refractivity contribution is 0.415. The molecule has 2 aromatic rings. The van der Waals surface area contributed by atoms with Crippen molar-refractivity contribution < 1.29 is 18.3 Å². The van der Waals surface area contributed by atoms with Crippen LogP contribution in [0.15, 0.2) is 41.3 Å². The number of nitrogens with two attached hydrogens (primary N) is 1. The average molecular weight is 329 g/mol. The first-order valence-electron chi connectivity index (χ1n) is 5.78. The molecule has 0 aromatic heterocycles. The smallest absolute Gasteiger partial charge is 0.261 e. The maximum Gasteiger partial charge on any atom is 0.261 e. The lowest BCUT2D eigenvalue weighted by atomic mass is 10.3. The number of nitrogens with one attached hydrogen (secondary N) is 1. The highest BCUT2D eigenvalue weighted by molar-refractivity contribution is 7.92. The highest BCUT2D eigenvalue weighted by atomic mass is 35.5. The molecule has 21 heavy (non-hydrogen) atoms. The summed E-state index contributed by atoms with van der Waals surface area (Å²) in [5, 5.41) is 9.60. The normalized spacial score (nSPS) is 11.1. The maximum absolute atomic E-state index is 12.2. The Balaban J connectivity index is 2.32. The van der Waals surface area contributed by atoms with Crippen molar-refractivity contribution in [2.75, 3.05) is 17.6 Å². The zero-order valence-corrected chi connectivity index (χ0v) is 12.6. The number of hydrogen-bond acceptors (Lipinski definition) is 5. The van der Waals surface area contributed by atoms with E-state index < -0.39 is 10.0 Å². The summed E-state index contributed by atoms with van der Waals surface area (Å²) in [6.07, 6.45) is 0. The number of aromatic hydroxyl groups is 1. The van der Waals surface area contributed by atoms with Gasteiger partial charge in [0.15, 0.2) is 0 Å². The molecule has 0 radical (unpaired) electrons. The Hall–Kier alpha value is -2.12. The Labute approximate surface area is 127 Å². The van der Waals surface area contributed by atoms with Gasteiger partial charge in [-0.2, -0.15) is 0 Å². The fourth-order valence-corrected chi connectivity index (χ4v) is 2.99. The van der Waals surface area contributed by atoms with E-state index in [2.05, 4.69) is 4.72 Å². The summed E-state index contributed by atoms with van der Waals surface area (Å²) in [7, 11) is -2.37. The van der Waals surface area contributed by atoms with E-state index in [0.29, 0.717) is 5.75 Å². The second kappa shape index (κ2) is 5.71. The third kappa shape index (κ3) is 3.32. The minimum atomic E-state index is -3.83. The molecule has 0 aliphatic rings. The van der Waals surface area contributed by atoms with Crippen LogP contribution in [0.2, 0.25) is 5.02 Å². The van der Waals surface area contributed by atoms with Crippen molar-refractivity contribution in [1.29, 1.82) is 0 Å². The fourth-order valence-electron chi connectivity index (χ4n) is 1.64. The lowest BCUT2D eigenvalue weighted by Crippen LogP contribution is -2.13. The van der Waals surface area contributed by atoms with Crippen LogP contribution in [-0.2, 0) is 10.0 Å². The predicted octanol–water partition coefficient (Wildman–Crippen LogP) is 2.44. The first kappa shape index (κ1) is 15.3. The van der Waals surface area contributed by atoms with Gasteiger partial charge in [0.25, 0.3) is 10.0 Å². The summed E-state index contributed by atoms with van der Waals surface area (Å²) < 4.78 is 31.8. The summed E-state index contributed by atoms with van der Waals surface area (Å²) >= 11 is 5.94. The van der Waals surface area contributed by atoms with E-state index in [1.807, 2.05) is 0 Å². The predicted molar refractivity (Wildman–Crippen MR) is 81.3 cm³/mol. The van der Waals surface area contributed by atoms with Crippen LogP contribution in [0, 0.1) is 0 Å². The van der Waals surface area contributed by atoms with E-state index in [4.69, 9.17) is 22.1 Å². The summed E-state index contributed by atoms with van der Waals surface area (Å²) in [5.74, 6) is 0.259. The largest absolute Gasteiger partial charge is 0.506 e. The molecule has 0 saturated heterocycles. The number of phenolic OH excluding ortho intramolecular Hbond substituents is 1. The van der Waals surface area contributed by atoms with Gasteiger partial charge in [-0.15, -0.1) is 0 Å². The van der Waals surface area contributed by atoms with Crippen LogP contribution in [0.5, 0.6) is 11.5 Å². The van der Waals surface area contributed by atoms with Gasteiger partial charge in [0.1, 0.15) is 11.5 Å². The summed E-state index contributed by atoms with van der Waals surface area (Å²) in [4.78, 5) is -0.0651. The molecule has 0 bridgehead atoms. The number of hydrogen-bond donors (Lipinski definition) is 3. The molecule has 0 saturated carbocycles. The van der Waals surface area contributed by atoms with E-state index in [-0.39, 0.29) is 27.0 Å². The molecular formula is C13H13ClN2O4S. The second-order valence-electron chi connectivity index (χ2n) is 4.18. The van der Waals surface area contributed by atoms with Crippen molar-refractivity contribution >= 4 is 33.0 Å². The third-order valence-electron chi connectivity index (χ3n) is 2.71. The number of benzene rings is 2. The van der Waals surface area contributed by atoms with Gasteiger partial charge in [-0.3, -0.25) is 4.72 Å². The molecule has 0 fully saturated rings. The van der Waals surface area contributed by atoms with Crippen molar-refractivity contribution in [3.05, 3.63) is 41.4 Å². The Kier molecular flexibility index (Phi) is 4.15. The summed E-state index contributed by atoms with van der Waals surface area (Å²) in [6.45, 7) is 0. The quantitative estimate of drug-likeness (QED) is 0.591. The molecule has 112 valence electrons. The van der Waals surface area contributed by atoms with E-state index in [0.717, 1.165) is 0 Å². The summed E-state index contributed by atoms with van der Waals surface area (Å²) in [5.41, 5.74) is 5.75. The number of sulfonamides is 1. The molecule has 2 aromatic carbocycles. The average Bonchev–Trinajstić information content (AvgIpc) is 2.41. The van der Waals surface area contributed by atoms with Gasteiger partial charge >= 0.3 is 0 Å². The number of nitrogen functional groups attached to an aromatic ring is 1. The van der Waals surface area contributed by atoms with Crippen molar-refractivity contribution in [2.45, 2.75) is 4.90 Å². The Morgan fingerprint density at radius 3 is 2.52 bits per heavy atom. The molecular weight excluding hydrogens is 316 g/mol. The highest BCUT2D eigenvalue weighted by Crippen LogP contribution is 2.29. The van der Waals surface area contributed by atoms with Crippen LogP contribution in [-0.4, -0.2) is 20.6 Å². The monoisotopic (exact) mass is 328 g/mol. The van der Waals surface area contributed by atoms with Crippen molar-refractivity contribution in [1.82, 2.24) is 0 Å². The number of anilines is 2. The van der Waals surface area contributed by atoms with Crippen LogP contribution < -0.4 is 15.2 Å². The van der Waals surface area contributed by atoms with E-state index in [1.54, 1.807) is 6.07 Å².